The number of hydrogen-bond acceptors (Lipinski definition) is 4. The van der Waals surface area contributed by atoms with Crippen LogP contribution in [0.15, 0.2) is 35.7 Å². The van der Waals surface area contributed by atoms with Gasteiger partial charge in [-0.15, -0.1) is 11.3 Å². The van der Waals surface area contributed by atoms with Crippen LogP contribution >= 0.6 is 11.3 Å². The third kappa shape index (κ3) is 3.38. The number of carbonyl (C=O) groups excluding carboxylic acids is 1. The Morgan fingerprint density at radius 3 is 2.84 bits per heavy atom. The molecule has 0 radical (unpaired) electrons. The third-order valence-corrected chi connectivity index (χ3v) is 3.42. The second-order valence-corrected chi connectivity index (χ2v) is 5.11. The van der Waals surface area contributed by atoms with Gasteiger partial charge in [0, 0.05) is 10.9 Å². The smallest absolute Gasteiger partial charge is 0.293 e. The molecular weight excluding hydrogens is 264 g/mol. The average molecular weight is 276 g/mol. The van der Waals surface area contributed by atoms with Gasteiger partial charge in [0.2, 0.25) is 5.91 Å². The zero-order valence-electron chi connectivity index (χ0n) is 10.3. The second kappa shape index (κ2) is 5.62. The van der Waals surface area contributed by atoms with Crippen molar-refractivity contribution in [1.82, 2.24) is 0 Å². The normalized spacial score (nSPS) is 10.2. The number of nitrogens with zero attached hydrogens (tertiary/aromatic N) is 1. The van der Waals surface area contributed by atoms with Crippen LogP contribution in [0.4, 0.5) is 11.4 Å². The van der Waals surface area contributed by atoms with E-state index in [9.17, 15) is 14.9 Å². The number of aryl methyl sites for hydroxylation is 1. The van der Waals surface area contributed by atoms with Crippen molar-refractivity contribution in [2.75, 3.05) is 5.32 Å². The lowest BCUT2D eigenvalue weighted by Gasteiger charge is -2.06. The molecule has 0 atom stereocenters. The highest BCUT2D eigenvalue weighted by Gasteiger charge is 2.16. The molecule has 0 aliphatic rings. The molecule has 0 unspecified atom stereocenters. The van der Waals surface area contributed by atoms with Crippen molar-refractivity contribution in [3.63, 3.8) is 0 Å². The first kappa shape index (κ1) is 13.2. The van der Waals surface area contributed by atoms with Crippen molar-refractivity contribution in [1.29, 1.82) is 0 Å². The van der Waals surface area contributed by atoms with E-state index in [1.165, 1.54) is 17.4 Å². The lowest BCUT2D eigenvalue weighted by molar-refractivity contribution is -0.384. The number of nitro benzene ring substituents is 1. The molecule has 0 spiro atoms. The predicted octanol–water partition coefficient (Wildman–Crippen LogP) is 3.15. The maximum atomic E-state index is 11.8. The molecule has 1 heterocycles. The van der Waals surface area contributed by atoms with Gasteiger partial charge in [0.05, 0.1) is 11.3 Å². The zero-order chi connectivity index (χ0) is 13.8. The minimum absolute atomic E-state index is 0.0838. The second-order valence-electron chi connectivity index (χ2n) is 4.08. The van der Waals surface area contributed by atoms with Crippen LogP contribution < -0.4 is 5.32 Å². The fourth-order valence-corrected chi connectivity index (χ4v) is 2.37. The van der Waals surface area contributed by atoms with Gasteiger partial charge in [-0.25, -0.2) is 0 Å². The minimum Gasteiger partial charge on any atom is -0.320 e. The Bertz CT molecular complexity index is 608. The summed E-state index contributed by atoms with van der Waals surface area (Å²) in [5.41, 5.74) is 0.930. The van der Waals surface area contributed by atoms with Gasteiger partial charge in [-0.3, -0.25) is 14.9 Å². The minimum atomic E-state index is -0.492. The molecule has 2 rings (SSSR count). The molecule has 19 heavy (non-hydrogen) atoms. The number of anilines is 1. The summed E-state index contributed by atoms with van der Waals surface area (Å²) in [6.07, 6.45) is 0.225. The molecule has 0 saturated carbocycles. The summed E-state index contributed by atoms with van der Waals surface area (Å²) in [4.78, 5) is 23.2. The summed E-state index contributed by atoms with van der Waals surface area (Å²) in [6.45, 7) is 1.77. The predicted molar refractivity (Wildman–Crippen MR) is 74.5 cm³/mol. The lowest BCUT2D eigenvalue weighted by Crippen LogP contribution is -2.14. The Hall–Kier alpha value is -2.21. The number of amides is 1. The Morgan fingerprint density at radius 2 is 2.21 bits per heavy atom. The van der Waals surface area contributed by atoms with Crippen LogP contribution in [0.25, 0.3) is 0 Å². The van der Waals surface area contributed by atoms with Crippen LogP contribution in [0.1, 0.15) is 10.4 Å². The molecule has 98 valence electrons. The SMILES string of the molecule is Cc1ccc(NC(=O)Cc2cccs2)c([N+](=O)[O-])c1. The van der Waals surface area contributed by atoms with Gasteiger partial charge < -0.3 is 5.32 Å². The lowest BCUT2D eigenvalue weighted by atomic mass is 10.2. The third-order valence-electron chi connectivity index (χ3n) is 2.54. The molecule has 1 aromatic carbocycles. The van der Waals surface area contributed by atoms with E-state index in [-0.39, 0.29) is 23.7 Å². The van der Waals surface area contributed by atoms with Gasteiger partial charge in [-0.2, -0.15) is 0 Å². The van der Waals surface area contributed by atoms with Gasteiger partial charge in [-0.05, 0) is 30.0 Å². The van der Waals surface area contributed by atoms with Gasteiger partial charge >= 0.3 is 0 Å². The summed E-state index contributed by atoms with van der Waals surface area (Å²) < 4.78 is 0. The van der Waals surface area contributed by atoms with E-state index in [1.807, 2.05) is 17.5 Å². The highest BCUT2D eigenvalue weighted by molar-refractivity contribution is 7.10. The average Bonchev–Trinajstić information content (AvgIpc) is 2.83. The molecule has 1 amide bonds. The molecule has 2 aromatic rings. The molecule has 0 bridgehead atoms. The summed E-state index contributed by atoms with van der Waals surface area (Å²) in [5.74, 6) is -0.255. The zero-order valence-corrected chi connectivity index (χ0v) is 11.1. The van der Waals surface area contributed by atoms with E-state index in [0.717, 1.165) is 10.4 Å². The van der Waals surface area contributed by atoms with Crippen molar-refractivity contribution >= 4 is 28.6 Å². The van der Waals surface area contributed by atoms with Gasteiger partial charge in [0.25, 0.3) is 5.69 Å². The van der Waals surface area contributed by atoms with Crippen LogP contribution in [-0.2, 0) is 11.2 Å². The molecular formula is C13H12N2O3S. The first-order chi connectivity index (χ1) is 9.06. The van der Waals surface area contributed by atoms with E-state index in [4.69, 9.17) is 0 Å². The molecule has 0 saturated heterocycles. The van der Waals surface area contributed by atoms with Crippen LogP contribution in [0, 0.1) is 17.0 Å². The number of thiophene rings is 1. The Morgan fingerprint density at radius 1 is 1.42 bits per heavy atom. The van der Waals surface area contributed by atoms with Gasteiger partial charge in [0.15, 0.2) is 0 Å². The van der Waals surface area contributed by atoms with E-state index >= 15 is 0 Å². The molecule has 1 aromatic heterocycles. The largest absolute Gasteiger partial charge is 0.320 e. The van der Waals surface area contributed by atoms with Gasteiger partial charge in [0.1, 0.15) is 5.69 Å². The molecule has 0 fully saturated rings. The van der Waals surface area contributed by atoms with Crippen LogP contribution in [-0.4, -0.2) is 10.8 Å². The fraction of sp³-hybridized carbons (Fsp3) is 0.154. The summed E-state index contributed by atoms with van der Waals surface area (Å²) >= 11 is 1.48. The first-order valence-electron chi connectivity index (χ1n) is 5.63. The topological polar surface area (TPSA) is 72.2 Å². The van der Waals surface area contributed by atoms with Crippen molar-refractivity contribution in [3.8, 4) is 0 Å². The van der Waals surface area contributed by atoms with Gasteiger partial charge in [-0.1, -0.05) is 12.1 Å². The number of benzene rings is 1. The van der Waals surface area contributed by atoms with Crippen molar-refractivity contribution in [2.45, 2.75) is 13.3 Å². The molecule has 6 heteroatoms. The molecule has 5 nitrogen and oxygen atoms in total. The van der Waals surface area contributed by atoms with Crippen molar-refractivity contribution in [3.05, 3.63) is 56.3 Å². The first-order valence-corrected chi connectivity index (χ1v) is 6.51. The summed E-state index contributed by atoms with van der Waals surface area (Å²) in [7, 11) is 0. The van der Waals surface area contributed by atoms with Crippen LogP contribution in [0.3, 0.4) is 0 Å². The van der Waals surface area contributed by atoms with E-state index in [2.05, 4.69) is 5.32 Å². The van der Waals surface area contributed by atoms with Crippen molar-refractivity contribution in [2.24, 2.45) is 0 Å². The number of nitrogens with one attached hydrogen (secondary N) is 1. The Balaban J connectivity index is 2.14. The Labute approximate surface area is 114 Å². The van der Waals surface area contributed by atoms with E-state index in [0.29, 0.717) is 0 Å². The monoisotopic (exact) mass is 276 g/mol. The molecule has 1 N–H and O–H groups in total. The number of hydrogen-bond donors (Lipinski definition) is 1. The van der Waals surface area contributed by atoms with Crippen molar-refractivity contribution < 1.29 is 9.72 Å². The van der Waals surface area contributed by atoms with E-state index in [1.54, 1.807) is 19.1 Å². The quantitative estimate of drug-likeness (QED) is 0.688. The maximum Gasteiger partial charge on any atom is 0.293 e. The fourth-order valence-electron chi connectivity index (χ4n) is 1.66. The highest BCUT2D eigenvalue weighted by atomic mass is 32.1. The summed E-state index contributed by atoms with van der Waals surface area (Å²) in [6, 6.07) is 8.45. The number of rotatable bonds is 4. The van der Waals surface area contributed by atoms with Crippen LogP contribution in [0.2, 0.25) is 0 Å². The molecule has 0 aliphatic heterocycles. The Kier molecular flexibility index (Phi) is 3.91. The standard InChI is InChI=1S/C13H12N2O3S/c1-9-4-5-11(12(7-9)15(17)18)14-13(16)8-10-3-2-6-19-10/h2-7H,8H2,1H3,(H,14,16). The van der Waals surface area contributed by atoms with E-state index < -0.39 is 4.92 Å². The highest BCUT2D eigenvalue weighted by Crippen LogP contribution is 2.25. The summed E-state index contributed by atoms with van der Waals surface area (Å²) in [5, 5.41) is 15.4. The number of nitro groups is 1. The maximum absolute atomic E-state index is 11.8. The molecule has 0 aliphatic carbocycles. The number of carbonyl (C=O) groups is 1. The van der Waals surface area contributed by atoms with Crippen LogP contribution in [0.5, 0.6) is 0 Å².